The van der Waals surface area contributed by atoms with Gasteiger partial charge in [-0.05, 0) is 55.3 Å². The molecular weight excluding hydrogens is 376 g/mol. The van der Waals surface area contributed by atoms with Crippen LogP contribution in [0.3, 0.4) is 0 Å². The van der Waals surface area contributed by atoms with Crippen molar-refractivity contribution in [2.45, 2.75) is 20.3 Å². The van der Waals surface area contributed by atoms with Crippen LogP contribution in [0.5, 0.6) is 5.75 Å². The highest BCUT2D eigenvalue weighted by Gasteiger charge is 2.23. The molecule has 1 aromatic carbocycles. The van der Waals surface area contributed by atoms with E-state index in [4.69, 9.17) is 4.74 Å². The quantitative estimate of drug-likeness (QED) is 0.660. The van der Waals surface area contributed by atoms with E-state index in [2.05, 4.69) is 20.9 Å². The minimum Gasteiger partial charge on any atom is -0.410 e. The van der Waals surface area contributed by atoms with E-state index in [1.54, 1.807) is 4.90 Å². The van der Waals surface area contributed by atoms with Gasteiger partial charge in [0.1, 0.15) is 11.6 Å². The number of nitrogens with zero attached hydrogens (tertiary/aromatic N) is 4. The molecular formula is C24H26N4O2. The van der Waals surface area contributed by atoms with Gasteiger partial charge in [0.15, 0.2) is 0 Å². The summed E-state index contributed by atoms with van der Waals surface area (Å²) in [6.45, 7) is 6.73. The number of benzene rings is 1. The summed E-state index contributed by atoms with van der Waals surface area (Å²) in [6.07, 6.45) is 2.32. The highest BCUT2D eigenvalue weighted by atomic mass is 16.6. The van der Waals surface area contributed by atoms with Crippen LogP contribution in [0.2, 0.25) is 0 Å². The van der Waals surface area contributed by atoms with Gasteiger partial charge in [-0.2, -0.15) is 0 Å². The summed E-state index contributed by atoms with van der Waals surface area (Å²) in [5.41, 5.74) is 4.30. The summed E-state index contributed by atoms with van der Waals surface area (Å²) in [5.74, 6) is 1.52. The van der Waals surface area contributed by atoms with E-state index < -0.39 is 0 Å². The molecule has 3 heterocycles. The second-order valence-electron chi connectivity index (χ2n) is 7.63. The SMILES string of the molecule is Cc1ccc(Cc2ccc(OC(=O)N3CCN(c4cccc(C)n4)CC3)cc2)nc1. The van der Waals surface area contributed by atoms with Gasteiger partial charge in [-0.3, -0.25) is 4.98 Å². The monoisotopic (exact) mass is 402 g/mol. The predicted octanol–water partition coefficient (Wildman–Crippen LogP) is 4.01. The van der Waals surface area contributed by atoms with Crippen molar-refractivity contribution in [1.29, 1.82) is 0 Å². The number of aromatic nitrogens is 2. The number of hydrogen-bond donors (Lipinski definition) is 0. The molecule has 30 heavy (non-hydrogen) atoms. The van der Waals surface area contributed by atoms with Gasteiger partial charge in [-0.15, -0.1) is 0 Å². The third kappa shape index (κ3) is 4.95. The molecule has 0 spiro atoms. The molecule has 154 valence electrons. The van der Waals surface area contributed by atoms with Crippen molar-refractivity contribution in [1.82, 2.24) is 14.9 Å². The maximum atomic E-state index is 12.5. The van der Waals surface area contributed by atoms with Crippen LogP contribution < -0.4 is 9.64 Å². The summed E-state index contributed by atoms with van der Waals surface area (Å²) in [5, 5.41) is 0. The molecule has 1 aliphatic rings. The normalized spacial score (nSPS) is 13.9. The van der Waals surface area contributed by atoms with Gasteiger partial charge in [0, 0.05) is 50.2 Å². The summed E-state index contributed by atoms with van der Waals surface area (Å²) in [7, 11) is 0. The van der Waals surface area contributed by atoms with Crippen LogP contribution >= 0.6 is 0 Å². The third-order valence-electron chi connectivity index (χ3n) is 5.22. The van der Waals surface area contributed by atoms with E-state index in [0.29, 0.717) is 18.8 Å². The van der Waals surface area contributed by atoms with Crippen LogP contribution in [0, 0.1) is 13.8 Å². The number of rotatable bonds is 4. The summed E-state index contributed by atoms with van der Waals surface area (Å²) in [4.78, 5) is 25.5. The van der Waals surface area contributed by atoms with Gasteiger partial charge in [-0.1, -0.05) is 24.3 Å². The Bertz CT molecular complexity index is 994. The first-order chi connectivity index (χ1) is 14.6. The molecule has 4 rings (SSSR count). The van der Waals surface area contributed by atoms with Crippen molar-refractivity contribution in [3.63, 3.8) is 0 Å². The Labute approximate surface area is 177 Å². The van der Waals surface area contributed by atoms with Gasteiger partial charge in [-0.25, -0.2) is 9.78 Å². The smallest absolute Gasteiger partial charge is 0.410 e. The fraction of sp³-hybridized carbons (Fsp3) is 0.292. The van der Waals surface area contributed by atoms with Gasteiger partial charge >= 0.3 is 6.09 Å². The topological polar surface area (TPSA) is 58.6 Å². The Balaban J connectivity index is 1.29. The van der Waals surface area contributed by atoms with Crippen LogP contribution in [-0.2, 0) is 6.42 Å². The zero-order valence-corrected chi connectivity index (χ0v) is 17.4. The molecule has 0 atom stereocenters. The van der Waals surface area contributed by atoms with Crippen molar-refractivity contribution < 1.29 is 9.53 Å². The van der Waals surface area contributed by atoms with Gasteiger partial charge in [0.25, 0.3) is 0 Å². The molecule has 0 bridgehead atoms. The highest BCUT2D eigenvalue weighted by molar-refractivity contribution is 5.71. The van der Waals surface area contributed by atoms with E-state index >= 15 is 0 Å². The lowest BCUT2D eigenvalue weighted by atomic mass is 10.1. The highest BCUT2D eigenvalue weighted by Crippen LogP contribution is 2.18. The van der Waals surface area contributed by atoms with Crippen molar-refractivity contribution >= 4 is 11.9 Å². The fourth-order valence-electron chi connectivity index (χ4n) is 3.48. The van der Waals surface area contributed by atoms with Crippen molar-refractivity contribution in [3.05, 3.63) is 83.3 Å². The fourth-order valence-corrected chi connectivity index (χ4v) is 3.48. The Morgan fingerprint density at radius 2 is 1.73 bits per heavy atom. The van der Waals surface area contributed by atoms with Crippen molar-refractivity contribution in [2.24, 2.45) is 0 Å². The van der Waals surface area contributed by atoms with E-state index in [-0.39, 0.29) is 6.09 Å². The van der Waals surface area contributed by atoms with Gasteiger partial charge in [0.2, 0.25) is 0 Å². The molecule has 6 nitrogen and oxygen atoms in total. The number of anilines is 1. The first-order valence-electron chi connectivity index (χ1n) is 10.2. The van der Waals surface area contributed by atoms with Crippen molar-refractivity contribution in [2.75, 3.05) is 31.1 Å². The minimum absolute atomic E-state index is 0.306. The number of aryl methyl sites for hydroxylation is 2. The maximum Gasteiger partial charge on any atom is 0.415 e. The third-order valence-corrected chi connectivity index (χ3v) is 5.22. The Hall–Kier alpha value is -3.41. The average molecular weight is 402 g/mol. The lowest BCUT2D eigenvalue weighted by Gasteiger charge is -2.34. The molecule has 1 amide bonds. The number of carbonyl (C=O) groups is 1. The second-order valence-corrected chi connectivity index (χ2v) is 7.63. The van der Waals surface area contributed by atoms with E-state index in [9.17, 15) is 4.79 Å². The number of carbonyl (C=O) groups excluding carboxylic acids is 1. The number of ether oxygens (including phenoxy) is 1. The minimum atomic E-state index is -0.306. The van der Waals surface area contributed by atoms with E-state index in [0.717, 1.165) is 47.8 Å². The molecule has 6 heteroatoms. The Morgan fingerprint density at radius 3 is 2.40 bits per heavy atom. The lowest BCUT2D eigenvalue weighted by Crippen LogP contribution is -2.49. The van der Waals surface area contributed by atoms with Gasteiger partial charge < -0.3 is 14.5 Å². The number of pyridine rings is 2. The number of hydrogen-bond acceptors (Lipinski definition) is 5. The lowest BCUT2D eigenvalue weighted by molar-refractivity contribution is 0.149. The molecule has 0 N–H and O–H groups in total. The molecule has 0 unspecified atom stereocenters. The van der Waals surface area contributed by atoms with Crippen LogP contribution in [0.1, 0.15) is 22.5 Å². The molecule has 1 aliphatic heterocycles. The average Bonchev–Trinajstić information content (AvgIpc) is 2.77. The van der Waals surface area contributed by atoms with E-state index in [1.165, 1.54) is 0 Å². The van der Waals surface area contributed by atoms with E-state index in [1.807, 2.05) is 68.6 Å². The Morgan fingerprint density at radius 1 is 0.967 bits per heavy atom. The molecule has 1 fully saturated rings. The second kappa shape index (κ2) is 8.95. The Kier molecular flexibility index (Phi) is 5.93. The molecule has 3 aromatic rings. The summed E-state index contributed by atoms with van der Waals surface area (Å²) < 4.78 is 5.57. The summed E-state index contributed by atoms with van der Waals surface area (Å²) >= 11 is 0. The van der Waals surface area contributed by atoms with Gasteiger partial charge in [0.05, 0.1) is 0 Å². The van der Waals surface area contributed by atoms with Crippen LogP contribution in [0.25, 0.3) is 0 Å². The predicted molar refractivity (Wildman–Crippen MR) is 117 cm³/mol. The molecule has 0 aliphatic carbocycles. The molecule has 2 aromatic heterocycles. The first kappa shape index (κ1) is 19.9. The largest absolute Gasteiger partial charge is 0.415 e. The zero-order chi connectivity index (χ0) is 20.9. The molecule has 1 saturated heterocycles. The first-order valence-corrected chi connectivity index (χ1v) is 10.2. The number of piperazine rings is 1. The van der Waals surface area contributed by atoms with Crippen molar-refractivity contribution in [3.8, 4) is 5.75 Å². The van der Waals surface area contributed by atoms with Crippen LogP contribution in [-0.4, -0.2) is 47.1 Å². The maximum absolute atomic E-state index is 12.5. The number of amides is 1. The van der Waals surface area contributed by atoms with Crippen LogP contribution in [0.4, 0.5) is 10.6 Å². The summed E-state index contributed by atoms with van der Waals surface area (Å²) in [6, 6.07) is 17.7. The molecule has 0 radical (unpaired) electrons. The standard InChI is InChI=1S/C24H26N4O2/c1-18-6-9-21(25-17-18)16-20-7-10-22(11-8-20)30-24(29)28-14-12-27(13-15-28)23-5-3-4-19(2)26-23/h3-11,17H,12-16H2,1-2H3. The molecule has 0 saturated carbocycles. The van der Waals surface area contributed by atoms with Crippen LogP contribution in [0.15, 0.2) is 60.8 Å². The zero-order valence-electron chi connectivity index (χ0n) is 17.4.